The molecule has 1 rings (SSSR count). The number of pyridine rings is 1. The predicted molar refractivity (Wildman–Crippen MR) is 57.7 cm³/mol. The summed E-state index contributed by atoms with van der Waals surface area (Å²) in [5.41, 5.74) is 5.31. The van der Waals surface area contributed by atoms with Crippen LogP contribution in [0.5, 0.6) is 0 Å². The molecule has 86 valence electrons. The van der Waals surface area contributed by atoms with Gasteiger partial charge < -0.3 is 15.8 Å². The Balaban J connectivity index is 3.34. The lowest BCUT2D eigenvalue weighted by molar-refractivity contribution is -0.384. The number of hydrogen-bond donors (Lipinski definition) is 2. The highest BCUT2D eigenvalue weighted by atomic mass is 16.6. The smallest absolute Gasteiger partial charge is 0.312 e. The molecule has 3 N–H and O–H groups in total. The summed E-state index contributed by atoms with van der Waals surface area (Å²) in [6.45, 7) is 0. The number of nitrogens with two attached hydrogens (primary N) is 1. The van der Waals surface area contributed by atoms with E-state index in [1.807, 2.05) is 0 Å². The number of hydrogen-bond acceptors (Lipinski definition) is 6. The fourth-order valence-corrected chi connectivity index (χ4v) is 1.12. The van der Waals surface area contributed by atoms with Gasteiger partial charge in [0.05, 0.1) is 4.92 Å². The predicted octanol–water partition coefficient (Wildman–Crippen LogP) is 0.150. The summed E-state index contributed by atoms with van der Waals surface area (Å²) in [6, 6.07) is 1.21. The Kier molecular flexibility index (Phi) is 3.24. The molecule has 0 aliphatic rings. The van der Waals surface area contributed by atoms with E-state index in [2.05, 4.69) is 10.1 Å². The van der Waals surface area contributed by atoms with Gasteiger partial charge in [0, 0.05) is 31.9 Å². The summed E-state index contributed by atoms with van der Waals surface area (Å²) in [5.74, 6) is -0.0135. The molecule has 0 atom stereocenters. The second-order valence-corrected chi connectivity index (χ2v) is 3.20. The van der Waals surface area contributed by atoms with E-state index >= 15 is 0 Å². The molecule has 0 aliphatic heterocycles. The van der Waals surface area contributed by atoms with Gasteiger partial charge in [-0.15, -0.1) is 0 Å². The van der Waals surface area contributed by atoms with Crippen LogP contribution < -0.4 is 10.6 Å². The van der Waals surface area contributed by atoms with Gasteiger partial charge in [-0.3, -0.25) is 10.1 Å². The van der Waals surface area contributed by atoms with E-state index in [0.717, 1.165) is 0 Å². The monoisotopic (exact) mass is 225 g/mol. The molecule has 0 spiro atoms. The van der Waals surface area contributed by atoms with E-state index in [0.29, 0.717) is 0 Å². The molecule has 0 fully saturated rings. The van der Waals surface area contributed by atoms with Crippen molar-refractivity contribution in [3.8, 4) is 0 Å². The molecule has 16 heavy (non-hydrogen) atoms. The van der Waals surface area contributed by atoms with Crippen LogP contribution in [0.4, 0.5) is 11.5 Å². The van der Waals surface area contributed by atoms with Crippen molar-refractivity contribution in [2.45, 2.75) is 0 Å². The first-order valence-corrected chi connectivity index (χ1v) is 4.27. The Labute approximate surface area is 91.1 Å². The maximum atomic E-state index is 10.8. The van der Waals surface area contributed by atoms with Gasteiger partial charge in [-0.05, 0) is 0 Å². The normalized spacial score (nSPS) is 11.2. The van der Waals surface area contributed by atoms with Gasteiger partial charge in [0.1, 0.15) is 0 Å². The molecule has 1 heterocycles. The minimum absolute atomic E-state index is 0.194. The van der Waals surface area contributed by atoms with Crippen LogP contribution >= 0.6 is 0 Å². The SMILES string of the molecule is CN(C)c1ncc(C(N)=NO)cc1[N+](=O)[O-]. The Morgan fingerprint density at radius 3 is 2.75 bits per heavy atom. The highest BCUT2D eigenvalue weighted by molar-refractivity contribution is 5.97. The first-order valence-electron chi connectivity index (χ1n) is 4.27. The van der Waals surface area contributed by atoms with Gasteiger partial charge in [0.25, 0.3) is 0 Å². The molecular formula is C8H11N5O3. The quantitative estimate of drug-likeness (QED) is 0.248. The van der Waals surface area contributed by atoms with Crippen LogP contribution in [-0.4, -0.2) is 35.0 Å². The Hall–Kier alpha value is -2.38. The van der Waals surface area contributed by atoms with Gasteiger partial charge in [-0.1, -0.05) is 5.16 Å². The highest BCUT2D eigenvalue weighted by Crippen LogP contribution is 2.24. The van der Waals surface area contributed by atoms with E-state index < -0.39 is 4.92 Å². The van der Waals surface area contributed by atoms with Crippen molar-refractivity contribution < 1.29 is 10.1 Å². The van der Waals surface area contributed by atoms with Crippen LogP contribution in [0.1, 0.15) is 5.56 Å². The van der Waals surface area contributed by atoms with Crippen molar-refractivity contribution in [3.63, 3.8) is 0 Å². The summed E-state index contributed by atoms with van der Waals surface area (Å²) in [5, 5.41) is 22.0. The fraction of sp³-hybridized carbons (Fsp3) is 0.250. The van der Waals surface area contributed by atoms with E-state index in [-0.39, 0.29) is 22.9 Å². The maximum absolute atomic E-state index is 10.8. The summed E-state index contributed by atoms with van der Waals surface area (Å²) >= 11 is 0. The van der Waals surface area contributed by atoms with Crippen LogP contribution in [0, 0.1) is 10.1 Å². The first-order chi connectivity index (χ1) is 7.47. The Bertz CT molecular complexity index is 443. The molecule has 0 aromatic carbocycles. The molecule has 1 aromatic heterocycles. The molecule has 0 radical (unpaired) electrons. The van der Waals surface area contributed by atoms with Crippen LogP contribution in [0.3, 0.4) is 0 Å². The third-order valence-corrected chi connectivity index (χ3v) is 1.87. The number of aromatic nitrogens is 1. The molecule has 0 bridgehead atoms. The van der Waals surface area contributed by atoms with Gasteiger partial charge >= 0.3 is 5.69 Å². The number of nitrogens with zero attached hydrogens (tertiary/aromatic N) is 4. The van der Waals surface area contributed by atoms with Crippen molar-refractivity contribution in [2.75, 3.05) is 19.0 Å². The highest BCUT2D eigenvalue weighted by Gasteiger charge is 2.18. The minimum Gasteiger partial charge on any atom is -0.409 e. The maximum Gasteiger partial charge on any atom is 0.312 e. The largest absolute Gasteiger partial charge is 0.409 e. The Morgan fingerprint density at radius 1 is 1.69 bits per heavy atom. The average Bonchev–Trinajstić information content (AvgIpc) is 2.26. The zero-order valence-corrected chi connectivity index (χ0v) is 8.78. The number of oxime groups is 1. The standard InChI is InChI=1S/C8H11N5O3/c1-12(2)8-6(13(15)16)3-5(4-10-8)7(9)11-14/h3-4,14H,1-2H3,(H2,9,11). The van der Waals surface area contributed by atoms with Crippen LogP contribution in [0.25, 0.3) is 0 Å². The second kappa shape index (κ2) is 4.43. The fourth-order valence-electron chi connectivity index (χ4n) is 1.12. The van der Waals surface area contributed by atoms with Crippen molar-refractivity contribution in [3.05, 3.63) is 27.9 Å². The van der Waals surface area contributed by atoms with Crippen molar-refractivity contribution in [1.29, 1.82) is 0 Å². The van der Waals surface area contributed by atoms with E-state index in [1.165, 1.54) is 17.2 Å². The molecule has 0 aliphatic carbocycles. The number of anilines is 1. The summed E-state index contributed by atoms with van der Waals surface area (Å²) < 4.78 is 0. The molecule has 0 saturated heterocycles. The second-order valence-electron chi connectivity index (χ2n) is 3.20. The zero-order valence-electron chi connectivity index (χ0n) is 8.78. The van der Waals surface area contributed by atoms with Crippen molar-refractivity contribution >= 4 is 17.3 Å². The van der Waals surface area contributed by atoms with Crippen molar-refractivity contribution in [2.24, 2.45) is 10.9 Å². The molecule has 0 saturated carbocycles. The summed E-state index contributed by atoms with van der Waals surface area (Å²) in [4.78, 5) is 15.6. The Morgan fingerprint density at radius 2 is 2.31 bits per heavy atom. The van der Waals surface area contributed by atoms with Gasteiger partial charge in [-0.25, -0.2) is 4.98 Å². The lowest BCUT2D eigenvalue weighted by atomic mass is 10.2. The van der Waals surface area contributed by atoms with E-state index in [4.69, 9.17) is 10.9 Å². The molecule has 0 unspecified atom stereocenters. The van der Waals surface area contributed by atoms with Gasteiger partial charge in [-0.2, -0.15) is 0 Å². The zero-order chi connectivity index (χ0) is 12.3. The number of amidine groups is 1. The molecule has 1 aromatic rings. The average molecular weight is 225 g/mol. The molecule has 0 amide bonds. The van der Waals surface area contributed by atoms with Crippen LogP contribution in [0.15, 0.2) is 17.4 Å². The third kappa shape index (κ3) is 2.16. The lowest BCUT2D eigenvalue weighted by Crippen LogP contribution is -2.17. The summed E-state index contributed by atoms with van der Waals surface area (Å²) in [6.07, 6.45) is 1.30. The molecular weight excluding hydrogens is 214 g/mol. The van der Waals surface area contributed by atoms with E-state index in [9.17, 15) is 10.1 Å². The lowest BCUT2D eigenvalue weighted by Gasteiger charge is -2.11. The van der Waals surface area contributed by atoms with Crippen LogP contribution in [-0.2, 0) is 0 Å². The number of rotatable bonds is 3. The molecule has 8 nitrogen and oxygen atoms in total. The van der Waals surface area contributed by atoms with E-state index in [1.54, 1.807) is 14.1 Å². The van der Waals surface area contributed by atoms with Gasteiger partial charge in [0.15, 0.2) is 5.84 Å². The van der Waals surface area contributed by atoms with Crippen LogP contribution in [0.2, 0.25) is 0 Å². The van der Waals surface area contributed by atoms with Crippen molar-refractivity contribution in [1.82, 2.24) is 4.98 Å². The topological polar surface area (TPSA) is 118 Å². The van der Waals surface area contributed by atoms with Gasteiger partial charge in [0.2, 0.25) is 5.82 Å². The molecule has 8 heteroatoms. The minimum atomic E-state index is -0.573. The first kappa shape index (κ1) is 11.7. The summed E-state index contributed by atoms with van der Waals surface area (Å²) in [7, 11) is 3.27. The third-order valence-electron chi connectivity index (χ3n) is 1.87. The number of nitro groups is 1.